The molecule has 0 amide bonds. The highest BCUT2D eigenvalue weighted by Gasteiger charge is 2.33. The number of amidine groups is 1. The van der Waals surface area contributed by atoms with Crippen LogP contribution in [0.15, 0.2) is 23.6 Å². The molecule has 0 spiro atoms. The van der Waals surface area contributed by atoms with E-state index in [0.717, 1.165) is 0 Å². The maximum atomic E-state index is 9.87. The van der Waals surface area contributed by atoms with E-state index in [0.29, 0.717) is 19.6 Å². The van der Waals surface area contributed by atoms with Gasteiger partial charge in [0.15, 0.2) is 5.84 Å². The maximum absolute atomic E-state index is 9.87. The van der Waals surface area contributed by atoms with Gasteiger partial charge in [-0.3, -0.25) is 9.58 Å². The van der Waals surface area contributed by atoms with Gasteiger partial charge in [0.05, 0.1) is 18.7 Å². The number of rotatable bonds is 3. The Balaban J connectivity index is 1.99. The number of hydrogen-bond donors (Lipinski definition) is 3. The Morgan fingerprint density at radius 2 is 2.38 bits per heavy atom. The van der Waals surface area contributed by atoms with E-state index < -0.39 is 6.10 Å². The second-order valence-electron chi connectivity index (χ2n) is 3.91. The van der Waals surface area contributed by atoms with E-state index in [1.165, 1.54) is 0 Å². The summed E-state index contributed by atoms with van der Waals surface area (Å²) in [7, 11) is 0. The van der Waals surface area contributed by atoms with E-state index in [9.17, 15) is 5.11 Å². The zero-order chi connectivity index (χ0) is 11.5. The number of β-amino-alcohol motifs (C(OH)–C–C–N with tert-alkyl or cyclic N) is 1. The van der Waals surface area contributed by atoms with E-state index in [2.05, 4.69) is 10.3 Å². The van der Waals surface area contributed by atoms with Crippen LogP contribution in [0.5, 0.6) is 0 Å². The van der Waals surface area contributed by atoms with Crippen molar-refractivity contribution in [1.82, 2.24) is 14.7 Å². The fourth-order valence-corrected chi connectivity index (χ4v) is 1.97. The molecule has 7 heteroatoms. The normalized spacial score (nSPS) is 27.4. The van der Waals surface area contributed by atoms with E-state index in [1.807, 2.05) is 17.2 Å². The smallest absolute Gasteiger partial charge is 0.153 e. The number of likely N-dealkylation sites (tertiary alicyclic amines) is 1. The number of oxime groups is 1. The highest BCUT2D eigenvalue weighted by atomic mass is 16.4. The predicted molar refractivity (Wildman–Crippen MR) is 57.1 cm³/mol. The second kappa shape index (κ2) is 4.50. The summed E-state index contributed by atoms with van der Waals surface area (Å²) in [5.41, 5.74) is 5.42. The van der Waals surface area contributed by atoms with Crippen LogP contribution in [0, 0.1) is 0 Å². The number of aromatic nitrogens is 2. The maximum Gasteiger partial charge on any atom is 0.153 e. The summed E-state index contributed by atoms with van der Waals surface area (Å²) in [6.07, 6.45) is 3.02. The fraction of sp³-hybridized carbons (Fsp3) is 0.556. The molecule has 2 rings (SSSR count). The van der Waals surface area contributed by atoms with Crippen LogP contribution < -0.4 is 5.73 Å². The van der Waals surface area contributed by atoms with Crippen LogP contribution in [0.25, 0.3) is 0 Å². The zero-order valence-electron chi connectivity index (χ0n) is 8.77. The van der Waals surface area contributed by atoms with Crippen LogP contribution in [-0.4, -0.2) is 56.6 Å². The Bertz CT molecular complexity index is 364. The lowest BCUT2D eigenvalue weighted by Crippen LogP contribution is -2.33. The highest BCUT2D eigenvalue weighted by Crippen LogP contribution is 2.20. The van der Waals surface area contributed by atoms with Gasteiger partial charge in [0.2, 0.25) is 0 Å². The number of nitrogens with zero attached hydrogens (tertiary/aromatic N) is 4. The van der Waals surface area contributed by atoms with Crippen molar-refractivity contribution < 1.29 is 10.3 Å². The van der Waals surface area contributed by atoms with Crippen molar-refractivity contribution in [2.75, 3.05) is 19.6 Å². The first kappa shape index (κ1) is 10.9. The van der Waals surface area contributed by atoms with E-state index in [4.69, 9.17) is 10.9 Å². The molecule has 1 aliphatic rings. The molecule has 0 radical (unpaired) electrons. The largest absolute Gasteiger partial charge is 0.409 e. The van der Waals surface area contributed by atoms with Gasteiger partial charge in [-0.25, -0.2) is 0 Å². The highest BCUT2D eigenvalue weighted by molar-refractivity contribution is 5.81. The molecule has 0 saturated carbocycles. The molecule has 2 atom stereocenters. The summed E-state index contributed by atoms with van der Waals surface area (Å²) >= 11 is 0. The van der Waals surface area contributed by atoms with Gasteiger partial charge in [-0.1, -0.05) is 5.16 Å². The molecular formula is C9H15N5O2. The molecule has 16 heavy (non-hydrogen) atoms. The molecule has 4 N–H and O–H groups in total. The SMILES string of the molecule is NC(CN1C[C@H](O)[C@@H](n2cccn2)C1)=NO. The molecule has 0 aliphatic carbocycles. The van der Waals surface area contributed by atoms with Crippen LogP contribution in [0.4, 0.5) is 0 Å². The van der Waals surface area contributed by atoms with Crippen molar-refractivity contribution in [3.05, 3.63) is 18.5 Å². The van der Waals surface area contributed by atoms with Crippen molar-refractivity contribution in [2.24, 2.45) is 10.9 Å². The Labute approximate surface area is 92.8 Å². The van der Waals surface area contributed by atoms with Crippen molar-refractivity contribution in [2.45, 2.75) is 12.1 Å². The Morgan fingerprint density at radius 1 is 1.56 bits per heavy atom. The monoisotopic (exact) mass is 225 g/mol. The van der Waals surface area contributed by atoms with Crippen LogP contribution in [0.2, 0.25) is 0 Å². The van der Waals surface area contributed by atoms with Gasteiger partial charge in [0, 0.05) is 25.5 Å². The van der Waals surface area contributed by atoms with Gasteiger partial charge in [0.1, 0.15) is 0 Å². The van der Waals surface area contributed by atoms with Crippen LogP contribution in [-0.2, 0) is 0 Å². The molecule has 0 unspecified atom stereocenters. The third-order valence-electron chi connectivity index (χ3n) is 2.71. The van der Waals surface area contributed by atoms with Gasteiger partial charge >= 0.3 is 0 Å². The van der Waals surface area contributed by atoms with Crippen LogP contribution >= 0.6 is 0 Å². The number of aliphatic hydroxyl groups is 1. The van der Waals surface area contributed by atoms with Crippen molar-refractivity contribution in [1.29, 1.82) is 0 Å². The third-order valence-corrected chi connectivity index (χ3v) is 2.71. The molecule has 88 valence electrons. The zero-order valence-corrected chi connectivity index (χ0v) is 8.77. The molecule has 0 aromatic carbocycles. The first-order chi connectivity index (χ1) is 7.70. The Kier molecular flexibility index (Phi) is 3.07. The minimum atomic E-state index is -0.480. The topological polar surface area (TPSA) is 99.9 Å². The molecule has 1 saturated heterocycles. The minimum absolute atomic E-state index is 0.0681. The van der Waals surface area contributed by atoms with Crippen molar-refractivity contribution in [3.63, 3.8) is 0 Å². The van der Waals surface area contributed by atoms with Gasteiger partial charge in [-0.15, -0.1) is 0 Å². The molecule has 1 aliphatic heterocycles. The molecular weight excluding hydrogens is 210 g/mol. The predicted octanol–water partition coefficient (Wildman–Crippen LogP) is -1.15. The first-order valence-electron chi connectivity index (χ1n) is 5.06. The summed E-state index contributed by atoms with van der Waals surface area (Å²) in [4.78, 5) is 1.92. The summed E-state index contributed by atoms with van der Waals surface area (Å²) < 4.78 is 1.73. The molecule has 7 nitrogen and oxygen atoms in total. The van der Waals surface area contributed by atoms with Gasteiger partial charge in [0.25, 0.3) is 0 Å². The first-order valence-corrected chi connectivity index (χ1v) is 5.06. The average molecular weight is 225 g/mol. The van der Waals surface area contributed by atoms with Crippen LogP contribution in [0.3, 0.4) is 0 Å². The Morgan fingerprint density at radius 3 is 3.00 bits per heavy atom. The summed E-state index contributed by atoms with van der Waals surface area (Å²) in [6, 6.07) is 1.75. The summed E-state index contributed by atoms with van der Waals surface area (Å²) in [6.45, 7) is 1.49. The lowest BCUT2D eigenvalue weighted by Gasteiger charge is -2.14. The van der Waals surface area contributed by atoms with Crippen LogP contribution in [0.1, 0.15) is 6.04 Å². The summed E-state index contributed by atoms with van der Waals surface area (Å²) in [5, 5.41) is 25.4. The van der Waals surface area contributed by atoms with Gasteiger partial charge < -0.3 is 16.0 Å². The molecule has 0 bridgehead atoms. The average Bonchev–Trinajstić information content (AvgIpc) is 2.87. The molecule has 2 heterocycles. The van der Waals surface area contributed by atoms with Gasteiger partial charge in [-0.05, 0) is 6.07 Å². The fourth-order valence-electron chi connectivity index (χ4n) is 1.97. The second-order valence-corrected chi connectivity index (χ2v) is 3.91. The van der Waals surface area contributed by atoms with E-state index in [1.54, 1.807) is 10.9 Å². The van der Waals surface area contributed by atoms with Crippen molar-refractivity contribution >= 4 is 5.84 Å². The van der Waals surface area contributed by atoms with Gasteiger partial charge in [-0.2, -0.15) is 5.10 Å². The summed E-state index contributed by atoms with van der Waals surface area (Å²) in [5.74, 6) is 0.147. The Hall–Kier alpha value is -1.60. The molecule has 1 fully saturated rings. The van der Waals surface area contributed by atoms with E-state index >= 15 is 0 Å². The standard InChI is InChI=1S/C9H15N5O2/c10-9(12-16)6-13-4-7(8(15)5-13)14-3-1-2-11-14/h1-3,7-8,15-16H,4-6H2,(H2,10,12)/t7-,8-/m0/s1. The number of nitrogens with two attached hydrogens (primary N) is 1. The van der Waals surface area contributed by atoms with Crippen molar-refractivity contribution in [3.8, 4) is 0 Å². The molecule has 1 aromatic heterocycles. The third kappa shape index (κ3) is 2.15. The molecule has 1 aromatic rings. The number of hydrogen-bond acceptors (Lipinski definition) is 5. The van der Waals surface area contributed by atoms with E-state index in [-0.39, 0.29) is 11.9 Å². The lowest BCUT2D eigenvalue weighted by atomic mass is 10.2. The quantitative estimate of drug-likeness (QED) is 0.261. The minimum Gasteiger partial charge on any atom is -0.409 e. The lowest BCUT2D eigenvalue weighted by molar-refractivity contribution is 0.140. The number of aliphatic hydroxyl groups excluding tert-OH is 1.